The fourth-order valence-corrected chi connectivity index (χ4v) is 2.23. The van der Waals surface area contributed by atoms with Crippen LogP contribution in [0.15, 0.2) is 4.99 Å². The summed E-state index contributed by atoms with van der Waals surface area (Å²) >= 11 is 0. The van der Waals surface area contributed by atoms with Gasteiger partial charge in [0, 0.05) is 19.1 Å². The Morgan fingerprint density at radius 1 is 1.22 bits per heavy atom. The van der Waals surface area contributed by atoms with Gasteiger partial charge in [0.1, 0.15) is 0 Å². The number of hydrogen-bond donors (Lipinski definition) is 2. The second kappa shape index (κ2) is 8.96. The van der Waals surface area contributed by atoms with E-state index in [1.165, 1.54) is 45.2 Å². The molecule has 106 valence electrons. The molecule has 0 aromatic carbocycles. The Balaban J connectivity index is 0.00000162. The maximum Gasteiger partial charge on any atom is 0.191 e. The van der Waals surface area contributed by atoms with Gasteiger partial charge in [-0.2, -0.15) is 0 Å². The fraction of sp³-hybridized carbons (Fsp3) is 0.923. The van der Waals surface area contributed by atoms with Crippen LogP contribution in [0, 0.1) is 0 Å². The zero-order valence-electron chi connectivity index (χ0n) is 11.5. The molecule has 0 unspecified atom stereocenters. The van der Waals surface area contributed by atoms with Crippen LogP contribution < -0.4 is 10.6 Å². The summed E-state index contributed by atoms with van der Waals surface area (Å²) < 4.78 is 0. The van der Waals surface area contributed by atoms with Crippen molar-refractivity contribution in [3.63, 3.8) is 0 Å². The standard InChI is InChI=1S/C13H26N4.HI/c1-2-14-13(16-12-6-7-12)15-8-11-17-9-4-3-5-10-17;/h12H,2-11H2,1H3,(H2,14,15,16);1H. The molecule has 1 heterocycles. The van der Waals surface area contributed by atoms with Crippen molar-refractivity contribution in [1.82, 2.24) is 15.5 Å². The SMILES string of the molecule is CCNC(=NCCN1CCCCC1)NC1CC1.I. The largest absolute Gasteiger partial charge is 0.357 e. The quantitative estimate of drug-likeness (QED) is 0.443. The van der Waals surface area contributed by atoms with Crippen LogP contribution in [-0.2, 0) is 0 Å². The minimum Gasteiger partial charge on any atom is -0.357 e. The van der Waals surface area contributed by atoms with Gasteiger partial charge in [0.05, 0.1) is 6.54 Å². The molecule has 18 heavy (non-hydrogen) atoms. The Morgan fingerprint density at radius 2 is 1.94 bits per heavy atom. The molecule has 2 N–H and O–H groups in total. The molecule has 1 saturated heterocycles. The van der Waals surface area contributed by atoms with Gasteiger partial charge in [-0.25, -0.2) is 0 Å². The summed E-state index contributed by atoms with van der Waals surface area (Å²) in [6.45, 7) is 7.63. The molecular formula is C13H27IN4. The van der Waals surface area contributed by atoms with Crippen LogP contribution in [0.1, 0.15) is 39.0 Å². The second-order valence-electron chi connectivity index (χ2n) is 5.08. The summed E-state index contributed by atoms with van der Waals surface area (Å²) in [6.07, 6.45) is 6.74. The van der Waals surface area contributed by atoms with E-state index >= 15 is 0 Å². The number of piperidine rings is 1. The van der Waals surface area contributed by atoms with Crippen molar-refractivity contribution in [3.05, 3.63) is 0 Å². The molecule has 1 saturated carbocycles. The maximum absolute atomic E-state index is 4.64. The zero-order chi connectivity index (χ0) is 11.9. The number of aliphatic imine (C=N–C) groups is 1. The van der Waals surface area contributed by atoms with Gasteiger partial charge in [-0.05, 0) is 45.7 Å². The van der Waals surface area contributed by atoms with Gasteiger partial charge in [-0.15, -0.1) is 24.0 Å². The van der Waals surface area contributed by atoms with E-state index < -0.39 is 0 Å². The number of halogens is 1. The third-order valence-corrected chi connectivity index (χ3v) is 3.40. The first-order chi connectivity index (χ1) is 8.38. The Kier molecular flexibility index (Phi) is 7.97. The monoisotopic (exact) mass is 366 g/mol. The molecule has 0 spiro atoms. The molecule has 0 amide bonds. The van der Waals surface area contributed by atoms with E-state index in [1.807, 2.05) is 0 Å². The Hall–Kier alpha value is -0.0400. The Morgan fingerprint density at radius 3 is 2.56 bits per heavy atom. The van der Waals surface area contributed by atoms with E-state index in [9.17, 15) is 0 Å². The molecule has 0 atom stereocenters. The fourth-order valence-electron chi connectivity index (χ4n) is 2.23. The summed E-state index contributed by atoms with van der Waals surface area (Å²) in [4.78, 5) is 7.18. The van der Waals surface area contributed by atoms with E-state index in [-0.39, 0.29) is 24.0 Å². The lowest BCUT2D eigenvalue weighted by Gasteiger charge is -2.25. The van der Waals surface area contributed by atoms with Gasteiger partial charge in [-0.1, -0.05) is 6.42 Å². The number of likely N-dealkylation sites (tertiary alicyclic amines) is 1. The average molecular weight is 366 g/mol. The molecule has 0 aromatic heterocycles. The molecule has 0 bridgehead atoms. The molecule has 0 radical (unpaired) electrons. The normalized spacial score (nSPS) is 21.3. The van der Waals surface area contributed by atoms with Gasteiger partial charge >= 0.3 is 0 Å². The van der Waals surface area contributed by atoms with E-state index in [4.69, 9.17) is 0 Å². The van der Waals surface area contributed by atoms with Gasteiger partial charge < -0.3 is 15.5 Å². The summed E-state index contributed by atoms with van der Waals surface area (Å²) in [5, 5.41) is 6.76. The topological polar surface area (TPSA) is 39.7 Å². The number of guanidine groups is 1. The first kappa shape index (κ1) is 16.0. The highest BCUT2D eigenvalue weighted by Crippen LogP contribution is 2.18. The highest BCUT2D eigenvalue weighted by Gasteiger charge is 2.22. The second-order valence-corrected chi connectivity index (χ2v) is 5.08. The highest BCUT2D eigenvalue weighted by molar-refractivity contribution is 14.0. The van der Waals surface area contributed by atoms with Gasteiger partial charge in [0.15, 0.2) is 5.96 Å². The number of rotatable bonds is 5. The molecule has 1 aliphatic carbocycles. The predicted octanol–water partition coefficient (Wildman–Crippen LogP) is 1.81. The predicted molar refractivity (Wildman–Crippen MR) is 87.8 cm³/mol. The van der Waals surface area contributed by atoms with Crippen LogP contribution in [0.3, 0.4) is 0 Å². The van der Waals surface area contributed by atoms with Gasteiger partial charge in [-0.3, -0.25) is 4.99 Å². The summed E-state index contributed by atoms with van der Waals surface area (Å²) in [5.41, 5.74) is 0. The number of hydrogen-bond acceptors (Lipinski definition) is 2. The summed E-state index contributed by atoms with van der Waals surface area (Å²) in [6, 6.07) is 0.683. The minimum absolute atomic E-state index is 0. The van der Waals surface area contributed by atoms with Crippen molar-refractivity contribution in [1.29, 1.82) is 0 Å². The Labute approximate surface area is 128 Å². The lowest BCUT2D eigenvalue weighted by molar-refractivity contribution is 0.235. The first-order valence-corrected chi connectivity index (χ1v) is 7.15. The van der Waals surface area contributed by atoms with E-state index in [2.05, 4.69) is 27.4 Å². The molecule has 0 aromatic rings. The van der Waals surface area contributed by atoms with E-state index in [0.29, 0.717) is 6.04 Å². The van der Waals surface area contributed by atoms with Crippen molar-refractivity contribution in [3.8, 4) is 0 Å². The van der Waals surface area contributed by atoms with Gasteiger partial charge in [0.2, 0.25) is 0 Å². The van der Waals surface area contributed by atoms with Crippen molar-refractivity contribution in [2.75, 3.05) is 32.7 Å². The molecule has 1 aliphatic heterocycles. The van der Waals surface area contributed by atoms with Crippen LogP contribution in [0.2, 0.25) is 0 Å². The number of nitrogens with zero attached hydrogens (tertiary/aromatic N) is 2. The third-order valence-electron chi connectivity index (χ3n) is 3.40. The smallest absolute Gasteiger partial charge is 0.191 e. The highest BCUT2D eigenvalue weighted by atomic mass is 127. The molecule has 5 heteroatoms. The first-order valence-electron chi connectivity index (χ1n) is 7.15. The van der Waals surface area contributed by atoms with Crippen LogP contribution in [0.5, 0.6) is 0 Å². The lowest BCUT2D eigenvalue weighted by Crippen LogP contribution is -2.39. The van der Waals surface area contributed by atoms with Crippen molar-refractivity contribution in [2.45, 2.75) is 45.1 Å². The Bertz CT molecular complexity index is 247. The van der Waals surface area contributed by atoms with Crippen molar-refractivity contribution >= 4 is 29.9 Å². The van der Waals surface area contributed by atoms with E-state index in [1.54, 1.807) is 0 Å². The number of nitrogens with one attached hydrogen (secondary N) is 2. The average Bonchev–Trinajstić information content (AvgIpc) is 3.15. The molecule has 2 aliphatic rings. The summed E-state index contributed by atoms with van der Waals surface area (Å²) in [5.74, 6) is 1.01. The zero-order valence-corrected chi connectivity index (χ0v) is 13.8. The van der Waals surface area contributed by atoms with Crippen LogP contribution in [0.4, 0.5) is 0 Å². The molecule has 4 nitrogen and oxygen atoms in total. The molecule has 2 fully saturated rings. The van der Waals surface area contributed by atoms with Gasteiger partial charge in [0.25, 0.3) is 0 Å². The minimum atomic E-state index is 0. The van der Waals surface area contributed by atoms with Crippen molar-refractivity contribution in [2.24, 2.45) is 4.99 Å². The van der Waals surface area contributed by atoms with Crippen LogP contribution in [-0.4, -0.2) is 49.6 Å². The van der Waals surface area contributed by atoms with Crippen LogP contribution >= 0.6 is 24.0 Å². The maximum atomic E-state index is 4.64. The van der Waals surface area contributed by atoms with Crippen molar-refractivity contribution < 1.29 is 0 Å². The van der Waals surface area contributed by atoms with Crippen LogP contribution in [0.25, 0.3) is 0 Å². The third kappa shape index (κ3) is 6.22. The van der Waals surface area contributed by atoms with E-state index in [0.717, 1.165) is 25.6 Å². The molecular weight excluding hydrogens is 339 g/mol. The lowest BCUT2D eigenvalue weighted by atomic mass is 10.1. The molecule has 2 rings (SSSR count). The summed E-state index contributed by atoms with van der Waals surface area (Å²) in [7, 11) is 0.